The van der Waals surface area contributed by atoms with Crippen LogP contribution >= 0.6 is 0 Å². The highest BCUT2D eigenvalue weighted by atomic mass is 16.2. The Morgan fingerprint density at radius 1 is 1.36 bits per heavy atom. The van der Waals surface area contributed by atoms with Gasteiger partial charge in [0.05, 0.1) is 23.6 Å². The summed E-state index contributed by atoms with van der Waals surface area (Å²) in [5.74, 6) is -0.322. The number of benzene rings is 1. The number of nitrogens with two attached hydrogens (primary N) is 1. The monoisotopic (exact) mass is 371 g/mol. The Morgan fingerprint density at radius 2 is 2.18 bits per heavy atom. The molecule has 28 heavy (non-hydrogen) atoms. The molecule has 2 aromatic heterocycles. The van der Waals surface area contributed by atoms with Gasteiger partial charge in [-0.05, 0) is 48.1 Å². The van der Waals surface area contributed by atoms with Gasteiger partial charge in [0.2, 0.25) is 5.91 Å². The second-order valence-corrected chi connectivity index (χ2v) is 6.92. The lowest BCUT2D eigenvalue weighted by Gasteiger charge is -2.14. The Bertz CT molecular complexity index is 1170. The Balaban J connectivity index is 1.79. The molecule has 7 nitrogen and oxygen atoms in total. The lowest BCUT2D eigenvalue weighted by molar-refractivity contribution is -0.117. The van der Waals surface area contributed by atoms with Crippen LogP contribution in [0.4, 0.5) is 11.5 Å². The number of aldehydes is 1. The first kappa shape index (κ1) is 17.6. The third-order valence-corrected chi connectivity index (χ3v) is 5.10. The van der Waals surface area contributed by atoms with Gasteiger partial charge in [0.1, 0.15) is 5.82 Å². The zero-order valence-corrected chi connectivity index (χ0v) is 15.1. The van der Waals surface area contributed by atoms with Crippen LogP contribution in [0.2, 0.25) is 0 Å². The number of fused-ring (bicyclic) bond motifs is 1. The number of nitriles is 1. The zero-order valence-electron chi connectivity index (χ0n) is 15.1. The smallest absolute Gasteiger partial charge is 0.230 e. The van der Waals surface area contributed by atoms with Gasteiger partial charge in [-0.25, -0.2) is 4.98 Å². The number of nitrogens with one attached hydrogen (secondary N) is 1. The van der Waals surface area contributed by atoms with Gasteiger partial charge in [-0.1, -0.05) is 0 Å². The lowest BCUT2D eigenvalue weighted by atomic mass is 9.93. The first-order chi connectivity index (χ1) is 13.5. The van der Waals surface area contributed by atoms with Gasteiger partial charge < -0.3 is 11.1 Å². The number of rotatable bonds is 4. The summed E-state index contributed by atoms with van der Waals surface area (Å²) >= 11 is 0. The zero-order chi connectivity index (χ0) is 19.8. The number of aromatic nitrogens is 2. The van der Waals surface area contributed by atoms with Crippen LogP contribution in [-0.4, -0.2) is 22.2 Å². The summed E-state index contributed by atoms with van der Waals surface area (Å²) < 4.78 is 0. The molecular formula is C21H17N5O2. The first-order valence-electron chi connectivity index (χ1n) is 8.82. The van der Waals surface area contributed by atoms with Gasteiger partial charge in [0.15, 0.2) is 6.29 Å². The van der Waals surface area contributed by atoms with Gasteiger partial charge in [-0.3, -0.25) is 14.6 Å². The highest BCUT2D eigenvalue weighted by molar-refractivity contribution is 6.08. The summed E-state index contributed by atoms with van der Waals surface area (Å²) in [6.45, 7) is 1.94. The fourth-order valence-corrected chi connectivity index (χ4v) is 3.35. The number of carbonyl (C=O) groups is 2. The van der Waals surface area contributed by atoms with E-state index < -0.39 is 0 Å². The number of hydrogen-bond acceptors (Lipinski definition) is 6. The van der Waals surface area contributed by atoms with Crippen LogP contribution in [0.1, 0.15) is 22.3 Å². The average molecular weight is 371 g/mol. The standard InChI is InChI=1S/C21H17N5O2/c1-11-2-3-24-8-16(11)15-4-12-6-19(26-21(28)14-5-13(14)7-22)25-9-17(12)20(23)18(15)10-27/h2-4,6,8-10,13-14H,5,23H2,1H3,(H,25,26,28)/t13-,14+/m0/s1. The molecule has 1 saturated carbocycles. The quantitative estimate of drug-likeness (QED) is 0.537. The van der Waals surface area contributed by atoms with E-state index in [1.807, 2.05) is 19.1 Å². The number of carbonyl (C=O) groups excluding carboxylic acids is 2. The van der Waals surface area contributed by atoms with E-state index in [0.717, 1.165) is 22.8 Å². The number of aryl methyl sites for hydroxylation is 1. The number of amides is 1. The van der Waals surface area contributed by atoms with Crippen molar-refractivity contribution in [1.29, 1.82) is 5.26 Å². The largest absolute Gasteiger partial charge is 0.398 e. The SMILES string of the molecule is Cc1ccncc1-c1cc2cc(NC(=O)[C@@H]3C[C@H]3C#N)ncc2c(N)c1C=O. The fraction of sp³-hybridized carbons (Fsp3) is 0.190. The number of pyridine rings is 2. The highest BCUT2D eigenvalue weighted by Crippen LogP contribution is 2.39. The van der Waals surface area contributed by atoms with Crippen molar-refractivity contribution in [3.63, 3.8) is 0 Å². The van der Waals surface area contributed by atoms with E-state index in [4.69, 9.17) is 11.0 Å². The van der Waals surface area contributed by atoms with Crippen LogP contribution in [0.3, 0.4) is 0 Å². The van der Waals surface area contributed by atoms with Crippen LogP contribution in [0.25, 0.3) is 21.9 Å². The van der Waals surface area contributed by atoms with Crippen molar-refractivity contribution >= 4 is 34.5 Å². The number of hydrogen-bond donors (Lipinski definition) is 2. The minimum absolute atomic E-state index is 0.209. The summed E-state index contributed by atoms with van der Waals surface area (Å²) in [4.78, 5) is 32.3. The second kappa shape index (κ2) is 6.74. The van der Waals surface area contributed by atoms with Crippen LogP contribution in [0, 0.1) is 30.1 Å². The highest BCUT2D eigenvalue weighted by Gasteiger charge is 2.43. The Morgan fingerprint density at radius 3 is 2.86 bits per heavy atom. The Labute approximate surface area is 161 Å². The predicted octanol–water partition coefficient (Wildman–Crippen LogP) is 3.10. The summed E-state index contributed by atoms with van der Waals surface area (Å²) in [6.07, 6.45) is 6.24. The van der Waals surface area contributed by atoms with Crippen LogP contribution in [-0.2, 0) is 4.79 Å². The fourth-order valence-electron chi connectivity index (χ4n) is 3.35. The molecule has 1 aliphatic carbocycles. The summed E-state index contributed by atoms with van der Waals surface area (Å²) in [5, 5.41) is 13.0. The van der Waals surface area contributed by atoms with Gasteiger partial charge in [0, 0.05) is 35.1 Å². The van der Waals surface area contributed by atoms with E-state index in [1.165, 1.54) is 0 Å². The molecule has 0 saturated heterocycles. The Kier molecular flexibility index (Phi) is 4.24. The molecule has 1 amide bonds. The van der Waals surface area contributed by atoms with Gasteiger partial charge in [-0.15, -0.1) is 0 Å². The van der Waals surface area contributed by atoms with Crippen molar-refractivity contribution in [3.05, 3.63) is 47.9 Å². The van der Waals surface area contributed by atoms with Gasteiger partial charge in [0.25, 0.3) is 0 Å². The molecule has 3 N–H and O–H groups in total. The number of nitrogens with zero attached hydrogens (tertiary/aromatic N) is 3. The van der Waals surface area contributed by atoms with E-state index in [0.29, 0.717) is 34.4 Å². The minimum atomic E-state index is -0.279. The second-order valence-electron chi connectivity index (χ2n) is 6.92. The summed E-state index contributed by atoms with van der Waals surface area (Å²) in [7, 11) is 0. The molecule has 1 aliphatic rings. The number of anilines is 2. The van der Waals surface area contributed by atoms with E-state index in [1.54, 1.807) is 24.7 Å². The first-order valence-corrected chi connectivity index (χ1v) is 8.82. The maximum Gasteiger partial charge on any atom is 0.230 e. The topological polar surface area (TPSA) is 122 Å². The summed E-state index contributed by atoms with van der Waals surface area (Å²) in [5.41, 5.74) is 9.44. The predicted molar refractivity (Wildman–Crippen MR) is 105 cm³/mol. The molecule has 1 fully saturated rings. The third-order valence-electron chi connectivity index (χ3n) is 5.10. The maximum atomic E-state index is 12.2. The Hall–Kier alpha value is -3.79. The molecule has 1 aromatic carbocycles. The van der Waals surface area contributed by atoms with Gasteiger partial charge >= 0.3 is 0 Å². The summed E-state index contributed by atoms with van der Waals surface area (Å²) in [6, 6.07) is 7.54. The normalized spacial score (nSPS) is 17.7. The van der Waals surface area contributed by atoms with Crippen LogP contribution in [0.15, 0.2) is 36.8 Å². The molecule has 2 atom stereocenters. The molecular weight excluding hydrogens is 354 g/mol. The van der Waals surface area contributed by atoms with Crippen molar-refractivity contribution in [2.45, 2.75) is 13.3 Å². The van der Waals surface area contributed by atoms with Crippen molar-refractivity contribution in [3.8, 4) is 17.2 Å². The lowest BCUT2D eigenvalue weighted by Crippen LogP contribution is -2.15. The molecule has 4 rings (SSSR count). The van der Waals surface area contributed by atoms with E-state index in [-0.39, 0.29) is 17.7 Å². The maximum absolute atomic E-state index is 12.2. The molecule has 2 heterocycles. The van der Waals surface area contributed by atoms with Crippen molar-refractivity contribution < 1.29 is 9.59 Å². The van der Waals surface area contributed by atoms with Crippen molar-refractivity contribution in [2.24, 2.45) is 11.8 Å². The van der Waals surface area contributed by atoms with Crippen molar-refractivity contribution in [2.75, 3.05) is 11.1 Å². The average Bonchev–Trinajstić information content (AvgIpc) is 3.48. The molecule has 138 valence electrons. The minimum Gasteiger partial charge on any atom is -0.398 e. The molecule has 7 heteroatoms. The molecule has 0 bridgehead atoms. The molecule has 0 spiro atoms. The molecule has 0 aliphatic heterocycles. The van der Waals surface area contributed by atoms with E-state index in [2.05, 4.69) is 21.4 Å². The van der Waals surface area contributed by atoms with E-state index in [9.17, 15) is 9.59 Å². The molecule has 0 radical (unpaired) electrons. The third kappa shape index (κ3) is 2.95. The van der Waals surface area contributed by atoms with Crippen LogP contribution in [0.5, 0.6) is 0 Å². The van der Waals surface area contributed by atoms with E-state index >= 15 is 0 Å². The van der Waals surface area contributed by atoms with Crippen molar-refractivity contribution in [1.82, 2.24) is 9.97 Å². The number of nitrogen functional groups attached to an aromatic ring is 1. The molecule has 0 unspecified atom stereocenters. The van der Waals surface area contributed by atoms with Crippen LogP contribution < -0.4 is 11.1 Å². The van der Waals surface area contributed by atoms with Gasteiger partial charge in [-0.2, -0.15) is 5.26 Å². The molecule has 3 aromatic rings.